The monoisotopic (exact) mass is 893 g/mol. The minimum Gasteiger partial charge on any atom is -0.457 e. The molecule has 6 atom stereocenters. The van der Waals surface area contributed by atoms with Crippen LogP contribution in [0.2, 0.25) is 0 Å². The van der Waals surface area contributed by atoms with Crippen LogP contribution in [0.15, 0.2) is 12.2 Å². The first-order chi connectivity index (χ1) is 29.5. The summed E-state index contributed by atoms with van der Waals surface area (Å²) < 4.78 is 34.2. The van der Waals surface area contributed by atoms with Gasteiger partial charge in [-0.15, -0.1) is 0 Å². The van der Waals surface area contributed by atoms with E-state index in [0.29, 0.717) is 13.0 Å². The maximum Gasteiger partial charge on any atom is 0.472 e. The molecule has 0 bridgehead atoms. The van der Waals surface area contributed by atoms with Crippen molar-refractivity contribution in [2.24, 2.45) is 0 Å². The van der Waals surface area contributed by atoms with Gasteiger partial charge in [0.1, 0.15) is 42.7 Å². The van der Waals surface area contributed by atoms with Gasteiger partial charge in [0.2, 0.25) is 0 Å². The summed E-state index contributed by atoms with van der Waals surface area (Å²) in [7, 11) is -5.01. The van der Waals surface area contributed by atoms with E-state index in [0.717, 1.165) is 64.2 Å². The first-order valence-corrected chi connectivity index (χ1v) is 26.5. The van der Waals surface area contributed by atoms with Crippen molar-refractivity contribution in [2.75, 3.05) is 19.8 Å². The molecular weight excluding hydrogens is 799 g/mol. The molecule has 0 aromatic carbocycles. The van der Waals surface area contributed by atoms with Gasteiger partial charge < -0.3 is 39.9 Å². The van der Waals surface area contributed by atoms with Gasteiger partial charge in [-0.1, -0.05) is 199 Å². The number of ether oxygens (including phenoxy) is 2. The predicted molar refractivity (Wildman–Crippen MR) is 244 cm³/mol. The van der Waals surface area contributed by atoms with Gasteiger partial charge >= 0.3 is 13.8 Å². The minimum atomic E-state index is -5.01. The molecule has 0 radical (unpaired) electrons. The Labute approximate surface area is 371 Å². The lowest BCUT2D eigenvalue weighted by atomic mass is 9.85. The topological polar surface area (TPSA) is 192 Å². The quantitative estimate of drug-likeness (QED) is 0.0147. The molecule has 1 rings (SSSR count). The molecule has 6 unspecified atom stereocenters. The maximum absolute atomic E-state index is 12.8. The van der Waals surface area contributed by atoms with Crippen LogP contribution in [-0.4, -0.2) is 98.9 Å². The summed E-state index contributed by atoms with van der Waals surface area (Å²) in [6, 6.07) is 0. The first kappa shape index (κ1) is 58.1. The Hall–Kier alpha value is -0.920. The van der Waals surface area contributed by atoms with E-state index in [1.807, 2.05) is 0 Å². The molecule has 0 spiro atoms. The number of aliphatic hydroxyl groups is 5. The Bertz CT molecular complexity index is 1060. The standard InChI is InChI=1S/C48H93O12P/c1-3-5-7-9-11-13-15-16-17-18-19-20-21-22-23-24-25-26-27-28-30-32-34-36-38-57-39-41(59-42(49)37-35-33-31-29-14-12-10-8-6-4-2)40-58-61(55,56)60-48-46(53)44(51)43(50)45(52)47(48)54/h8,10,41,43-48,50-54H,3-7,9,11-40H2,1-2H3,(H,55,56)/b10-8-. The molecule has 0 heterocycles. The largest absolute Gasteiger partial charge is 0.472 e. The molecule has 0 amide bonds. The van der Waals surface area contributed by atoms with Crippen molar-refractivity contribution < 1.29 is 58.3 Å². The molecule has 362 valence electrons. The lowest BCUT2D eigenvalue weighted by Crippen LogP contribution is -2.64. The van der Waals surface area contributed by atoms with E-state index in [4.69, 9.17) is 18.5 Å². The molecule has 1 fully saturated rings. The van der Waals surface area contributed by atoms with Gasteiger partial charge in [-0.05, 0) is 32.1 Å². The number of phosphoric ester groups is 1. The van der Waals surface area contributed by atoms with Crippen LogP contribution >= 0.6 is 7.82 Å². The zero-order chi connectivity index (χ0) is 44.8. The Kier molecular flexibility index (Phi) is 37.6. The van der Waals surface area contributed by atoms with Gasteiger partial charge in [0.15, 0.2) is 0 Å². The highest BCUT2D eigenvalue weighted by molar-refractivity contribution is 7.47. The molecule has 6 N–H and O–H groups in total. The number of esters is 1. The van der Waals surface area contributed by atoms with Crippen LogP contribution in [0.5, 0.6) is 0 Å². The molecular formula is C48H93O12P. The summed E-state index contributed by atoms with van der Waals surface area (Å²) in [5.41, 5.74) is 0. The second kappa shape index (κ2) is 39.4. The molecule has 0 aromatic rings. The highest BCUT2D eigenvalue weighted by Gasteiger charge is 2.51. The average molecular weight is 893 g/mol. The fraction of sp³-hybridized carbons (Fsp3) is 0.938. The van der Waals surface area contributed by atoms with Gasteiger partial charge in [0.25, 0.3) is 0 Å². The Morgan fingerprint density at radius 3 is 1.36 bits per heavy atom. The third-order valence-electron chi connectivity index (χ3n) is 11.9. The van der Waals surface area contributed by atoms with Crippen LogP contribution in [0.3, 0.4) is 0 Å². The summed E-state index contributed by atoms with van der Waals surface area (Å²) in [5.74, 6) is -0.485. The highest BCUT2D eigenvalue weighted by atomic mass is 31.2. The second-order valence-corrected chi connectivity index (χ2v) is 19.1. The van der Waals surface area contributed by atoms with Crippen molar-refractivity contribution in [3.8, 4) is 0 Å². The van der Waals surface area contributed by atoms with Crippen molar-refractivity contribution in [3.05, 3.63) is 12.2 Å². The number of hydrogen-bond acceptors (Lipinski definition) is 11. The Morgan fingerprint density at radius 2 is 0.902 bits per heavy atom. The van der Waals surface area contributed by atoms with Crippen LogP contribution in [0.25, 0.3) is 0 Å². The number of unbranched alkanes of at least 4 members (excludes halogenated alkanes) is 29. The lowest BCUT2D eigenvalue weighted by molar-refractivity contribution is -0.220. The first-order valence-electron chi connectivity index (χ1n) is 25.0. The number of phosphoric acid groups is 1. The second-order valence-electron chi connectivity index (χ2n) is 17.7. The number of carbonyl (C=O) groups is 1. The van der Waals surface area contributed by atoms with Crippen LogP contribution in [0.4, 0.5) is 0 Å². The highest BCUT2D eigenvalue weighted by Crippen LogP contribution is 2.47. The van der Waals surface area contributed by atoms with E-state index >= 15 is 0 Å². The SMILES string of the molecule is CCC/C=C\CCCCCCCC(=O)OC(COCCCCCCCCCCCCCCCCCCCCCCCCCC)COP(=O)(O)OC1C(O)C(O)C(O)C(O)C1O. The van der Waals surface area contributed by atoms with Crippen LogP contribution in [0.1, 0.15) is 226 Å². The van der Waals surface area contributed by atoms with Crippen molar-refractivity contribution in [1.29, 1.82) is 0 Å². The zero-order valence-electron chi connectivity index (χ0n) is 38.7. The van der Waals surface area contributed by atoms with Crippen molar-refractivity contribution in [3.63, 3.8) is 0 Å². The predicted octanol–water partition coefficient (Wildman–Crippen LogP) is 10.7. The fourth-order valence-electron chi connectivity index (χ4n) is 7.89. The van der Waals surface area contributed by atoms with E-state index in [9.17, 15) is 39.8 Å². The summed E-state index contributed by atoms with van der Waals surface area (Å²) >= 11 is 0. The van der Waals surface area contributed by atoms with Crippen LogP contribution in [-0.2, 0) is 27.9 Å². The van der Waals surface area contributed by atoms with Gasteiger partial charge in [-0.25, -0.2) is 4.57 Å². The summed E-state index contributed by atoms with van der Waals surface area (Å²) in [4.78, 5) is 23.1. The fourth-order valence-corrected chi connectivity index (χ4v) is 8.86. The Morgan fingerprint density at radius 1 is 0.508 bits per heavy atom. The van der Waals surface area contributed by atoms with Crippen LogP contribution in [0, 0.1) is 0 Å². The average Bonchev–Trinajstić information content (AvgIpc) is 3.24. The van der Waals surface area contributed by atoms with E-state index in [1.54, 1.807) is 0 Å². The van der Waals surface area contributed by atoms with E-state index in [1.165, 1.54) is 135 Å². The van der Waals surface area contributed by atoms with Gasteiger partial charge in [-0.2, -0.15) is 0 Å². The molecule has 61 heavy (non-hydrogen) atoms. The van der Waals surface area contributed by atoms with Crippen molar-refractivity contribution >= 4 is 13.8 Å². The summed E-state index contributed by atoms with van der Waals surface area (Å²) in [5, 5.41) is 50.2. The normalized spacial score (nSPS) is 22.2. The van der Waals surface area contributed by atoms with Gasteiger partial charge in [0.05, 0.1) is 13.2 Å². The number of hydrogen-bond donors (Lipinski definition) is 6. The van der Waals surface area contributed by atoms with E-state index in [-0.39, 0.29) is 13.0 Å². The minimum absolute atomic E-state index is 0.0745. The zero-order valence-corrected chi connectivity index (χ0v) is 39.6. The third-order valence-corrected chi connectivity index (χ3v) is 12.9. The number of allylic oxidation sites excluding steroid dienone is 2. The molecule has 12 nitrogen and oxygen atoms in total. The molecule has 13 heteroatoms. The molecule has 1 aliphatic carbocycles. The number of carbonyl (C=O) groups excluding carboxylic acids is 1. The maximum atomic E-state index is 12.8. The summed E-state index contributed by atoms with van der Waals surface area (Å²) in [6.07, 6.45) is 31.7. The van der Waals surface area contributed by atoms with E-state index in [2.05, 4.69) is 26.0 Å². The number of aliphatic hydroxyl groups excluding tert-OH is 5. The third kappa shape index (κ3) is 31.6. The molecule has 0 saturated heterocycles. The van der Waals surface area contributed by atoms with Gasteiger partial charge in [-0.3, -0.25) is 13.8 Å². The summed E-state index contributed by atoms with van der Waals surface area (Å²) in [6.45, 7) is 4.21. The van der Waals surface area contributed by atoms with Crippen LogP contribution < -0.4 is 0 Å². The molecule has 0 aromatic heterocycles. The smallest absolute Gasteiger partial charge is 0.457 e. The molecule has 1 aliphatic rings. The van der Waals surface area contributed by atoms with Gasteiger partial charge in [0, 0.05) is 13.0 Å². The molecule has 0 aliphatic heterocycles. The van der Waals surface area contributed by atoms with E-state index < -0.39 is 63.1 Å². The van der Waals surface area contributed by atoms with Crippen molar-refractivity contribution in [1.82, 2.24) is 0 Å². The Balaban J connectivity index is 2.24. The lowest BCUT2D eigenvalue weighted by Gasteiger charge is -2.41. The van der Waals surface area contributed by atoms with Crippen molar-refractivity contribution in [2.45, 2.75) is 268 Å². The molecule has 1 saturated carbocycles. The number of rotatable bonds is 43.